The zero-order chi connectivity index (χ0) is 26.1. The minimum absolute atomic E-state index is 0.0612. The number of nitrogens with two attached hydrogens (primary N) is 1. The second-order valence-corrected chi connectivity index (χ2v) is 9.92. The number of amides is 2. The molecular formula is C16H19N9O8S2. The van der Waals surface area contributed by atoms with Gasteiger partial charge in [0.05, 0.1) is 18.3 Å². The molecule has 0 bridgehead atoms. The Kier molecular flexibility index (Phi) is 7.02. The van der Waals surface area contributed by atoms with Gasteiger partial charge in [0.15, 0.2) is 5.71 Å². The Labute approximate surface area is 201 Å². The number of hydrogen-bond donors (Lipinski definition) is 5. The van der Waals surface area contributed by atoms with Crippen molar-refractivity contribution in [1.82, 2.24) is 29.7 Å². The quantitative estimate of drug-likeness (QED) is 0.0944. The first-order chi connectivity index (χ1) is 16.2. The molecule has 35 heavy (non-hydrogen) atoms. The minimum Gasteiger partial charge on any atom is -0.478 e. The number of carboxylic acid groups (broad SMARTS) is 1. The van der Waals surface area contributed by atoms with E-state index < -0.39 is 57.0 Å². The summed E-state index contributed by atoms with van der Waals surface area (Å²) in [5, 5.41) is 31.9. The van der Waals surface area contributed by atoms with Crippen molar-refractivity contribution in [2.24, 2.45) is 10.9 Å². The number of rotatable bonds is 9. The highest BCUT2D eigenvalue weighted by molar-refractivity contribution is 8.02. The maximum Gasteiger partial charge on any atom is 0.362 e. The van der Waals surface area contributed by atoms with Gasteiger partial charge >= 0.3 is 16.3 Å². The van der Waals surface area contributed by atoms with Gasteiger partial charge in [0.25, 0.3) is 17.6 Å². The number of aliphatic carboxylic acids is 1. The van der Waals surface area contributed by atoms with Gasteiger partial charge in [-0.05, 0) is 13.8 Å². The number of hydrogen-bond acceptors (Lipinski definition) is 13. The Morgan fingerprint density at radius 1 is 1.49 bits per heavy atom. The molecule has 1 saturated heterocycles. The molecule has 3 unspecified atom stereocenters. The zero-order valence-corrected chi connectivity index (χ0v) is 19.6. The summed E-state index contributed by atoms with van der Waals surface area (Å²) in [4.78, 5) is 45.5. The Hall–Kier alpha value is -3.73. The Bertz CT molecular complexity index is 1270. The van der Waals surface area contributed by atoms with Gasteiger partial charge in [-0.2, -0.15) is 13.7 Å². The number of thioether (sulfide) groups is 1. The number of β-lactam (4-membered cyclic amide) rings is 1. The van der Waals surface area contributed by atoms with Gasteiger partial charge in [-0.3, -0.25) is 14.1 Å². The molecule has 2 amide bonds. The number of nitriles is 1. The van der Waals surface area contributed by atoms with Crippen LogP contribution < -0.4 is 16.4 Å². The summed E-state index contributed by atoms with van der Waals surface area (Å²) >= 11 is 1.08. The molecule has 0 aliphatic carbocycles. The molecule has 3 rings (SSSR count). The van der Waals surface area contributed by atoms with E-state index in [9.17, 15) is 32.5 Å². The largest absolute Gasteiger partial charge is 0.478 e. The summed E-state index contributed by atoms with van der Waals surface area (Å²) in [6.07, 6.45) is 1.10. The lowest BCUT2D eigenvalue weighted by Crippen LogP contribution is -2.73. The summed E-state index contributed by atoms with van der Waals surface area (Å²) in [5.41, 5.74) is 2.85. The molecule has 1 fully saturated rings. The van der Waals surface area contributed by atoms with Crippen LogP contribution in [0.2, 0.25) is 0 Å². The lowest BCUT2D eigenvalue weighted by molar-refractivity contribution is -0.161. The SMILES string of the molecule is CC(C)(O/N=C(\C(=O)NC1C(=O)N(S(=O)(=O)O)C1Cn1cnc(C#N)n1)C1=CSC(N)N1)C(=O)O. The van der Waals surface area contributed by atoms with Crippen molar-refractivity contribution in [3.05, 3.63) is 23.3 Å². The van der Waals surface area contributed by atoms with Crippen LogP contribution in [0, 0.1) is 11.3 Å². The maximum atomic E-state index is 13.0. The zero-order valence-electron chi connectivity index (χ0n) is 18.0. The molecule has 1 aromatic heterocycles. The third-order valence-electron chi connectivity index (χ3n) is 4.70. The fourth-order valence-corrected chi connectivity index (χ4v) is 4.40. The fraction of sp³-hybridized carbons (Fsp3) is 0.438. The van der Waals surface area contributed by atoms with Crippen LogP contribution in [0.1, 0.15) is 19.7 Å². The number of oxime groups is 1. The molecule has 17 nitrogen and oxygen atoms in total. The minimum atomic E-state index is -4.99. The number of carbonyl (C=O) groups excluding carboxylic acids is 2. The van der Waals surface area contributed by atoms with Crippen LogP contribution >= 0.6 is 11.8 Å². The van der Waals surface area contributed by atoms with E-state index in [0.717, 1.165) is 22.8 Å². The second-order valence-electron chi connectivity index (χ2n) is 7.61. The van der Waals surface area contributed by atoms with E-state index in [1.54, 1.807) is 6.07 Å². The van der Waals surface area contributed by atoms with Crippen molar-refractivity contribution in [2.75, 3.05) is 0 Å². The highest BCUT2D eigenvalue weighted by Crippen LogP contribution is 2.26. The van der Waals surface area contributed by atoms with Gasteiger partial charge in [0.1, 0.15) is 23.9 Å². The van der Waals surface area contributed by atoms with Crippen LogP contribution in [-0.4, -0.2) is 83.8 Å². The van der Waals surface area contributed by atoms with E-state index in [-0.39, 0.29) is 22.4 Å². The highest BCUT2D eigenvalue weighted by Gasteiger charge is 2.54. The van der Waals surface area contributed by atoms with Crippen molar-refractivity contribution in [1.29, 1.82) is 5.26 Å². The van der Waals surface area contributed by atoms with Crippen LogP contribution in [0.3, 0.4) is 0 Å². The summed E-state index contributed by atoms with van der Waals surface area (Å²) in [5.74, 6) is -3.79. The van der Waals surface area contributed by atoms with Crippen molar-refractivity contribution < 1.29 is 37.3 Å². The molecule has 6 N–H and O–H groups in total. The molecule has 0 aromatic carbocycles. The molecule has 3 atom stereocenters. The smallest absolute Gasteiger partial charge is 0.362 e. The Balaban J connectivity index is 1.87. The van der Waals surface area contributed by atoms with Crippen LogP contribution in [0.25, 0.3) is 0 Å². The Morgan fingerprint density at radius 3 is 2.69 bits per heavy atom. The predicted molar refractivity (Wildman–Crippen MR) is 116 cm³/mol. The predicted octanol–water partition coefficient (Wildman–Crippen LogP) is -2.70. The fourth-order valence-electron chi connectivity index (χ4n) is 2.87. The van der Waals surface area contributed by atoms with Crippen molar-refractivity contribution in [2.45, 2.75) is 43.6 Å². The van der Waals surface area contributed by atoms with E-state index in [0.29, 0.717) is 0 Å². The molecule has 3 heterocycles. The van der Waals surface area contributed by atoms with Crippen molar-refractivity contribution in [3.8, 4) is 6.07 Å². The molecule has 188 valence electrons. The van der Waals surface area contributed by atoms with E-state index >= 15 is 0 Å². The van der Waals surface area contributed by atoms with Gasteiger partial charge in [-0.25, -0.2) is 18.8 Å². The number of carboxylic acids is 1. The molecule has 0 saturated carbocycles. The van der Waals surface area contributed by atoms with Gasteiger partial charge in [-0.15, -0.1) is 5.10 Å². The van der Waals surface area contributed by atoms with Gasteiger partial charge < -0.3 is 26.3 Å². The normalized spacial score (nSPS) is 22.5. The molecule has 1 aromatic rings. The molecule has 19 heteroatoms. The average molecular weight is 530 g/mol. The number of nitrogens with zero attached hydrogens (tertiary/aromatic N) is 6. The summed E-state index contributed by atoms with van der Waals surface area (Å²) in [7, 11) is -4.99. The van der Waals surface area contributed by atoms with Crippen LogP contribution in [0.5, 0.6) is 0 Å². The van der Waals surface area contributed by atoms with Crippen LogP contribution in [-0.2, 0) is 36.1 Å². The number of nitrogens with one attached hydrogen (secondary N) is 2. The molecular weight excluding hydrogens is 510 g/mol. The van der Waals surface area contributed by atoms with Gasteiger partial charge in [0, 0.05) is 5.41 Å². The van der Waals surface area contributed by atoms with E-state index in [2.05, 4.69) is 25.9 Å². The third kappa shape index (κ3) is 5.51. The first kappa shape index (κ1) is 25.9. The lowest BCUT2D eigenvalue weighted by atomic mass is 9.98. The Morgan fingerprint density at radius 2 is 2.17 bits per heavy atom. The first-order valence-electron chi connectivity index (χ1n) is 9.53. The maximum absolute atomic E-state index is 13.0. The monoisotopic (exact) mass is 529 g/mol. The molecule has 2 aliphatic heterocycles. The third-order valence-corrected chi connectivity index (χ3v) is 6.43. The topological polar surface area (TPSA) is 255 Å². The average Bonchev–Trinajstić information content (AvgIpc) is 3.39. The second kappa shape index (κ2) is 9.49. The molecule has 2 aliphatic rings. The number of carbonyl (C=O) groups is 3. The van der Waals surface area contributed by atoms with Gasteiger partial charge in [0.2, 0.25) is 5.60 Å². The number of aromatic nitrogens is 3. The summed E-state index contributed by atoms with van der Waals surface area (Å²) in [6, 6.07) is -1.13. The van der Waals surface area contributed by atoms with Crippen molar-refractivity contribution >= 4 is 45.6 Å². The van der Waals surface area contributed by atoms with E-state index in [1.165, 1.54) is 19.3 Å². The van der Waals surface area contributed by atoms with Gasteiger partial charge in [-0.1, -0.05) is 16.9 Å². The first-order valence-corrected chi connectivity index (χ1v) is 11.9. The molecule has 0 radical (unpaired) electrons. The van der Waals surface area contributed by atoms with Crippen molar-refractivity contribution in [3.63, 3.8) is 0 Å². The summed E-state index contributed by atoms with van der Waals surface area (Å²) < 4.78 is 34.0. The van der Waals surface area contributed by atoms with E-state index in [4.69, 9.17) is 15.8 Å². The lowest BCUT2D eigenvalue weighted by Gasteiger charge is -2.43. The standard InChI is InChI=1S/C16H19N9O8S2/c1-16(2,14(28)29)33-23-10(7-5-34-15(18)20-7)12(26)21-11-8(25(13(11)27)35(30,31)32)4-24-6-19-9(3-17)22-24/h5-6,8,11,15,20H,4,18H2,1-2H3,(H,21,26)(H,28,29)(H,30,31,32)/b23-10-. The molecule has 0 spiro atoms. The van der Waals surface area contributed by atoms with Crippen LogP contribution in [0.4, 0.5) is 0 Å². The van der Waals surface area contributed by atoms with E-state index in [1.807, 2.05) is 0 Å². The van der Waals surface area contributed by atoms with Crippen LogP contribution in [0.15, 0.2) is 22.6 Å². The highest BCUT2D eigenvalue weighted by atomic mass is 32.2. The summed E-state index contributed by atoms with van der Waals surface area (Å²) in [6.45, 7) is 2.02.